The first kappa shape index (κ1) is 18.0. The van der Waals surface area contributed by atoms with E-state index in [1.54, 1.807) is 25.2 Å². The molecule has 1 aliphatic heterocycles. The van der Waals surface area contributed by atoms with E-state index in [1.165, 1.54) is 21.3 Å². The molecule has 0 N–H and O–H groups in total. The summed E-state index contributed by atoms with van der Waals surface area (Å²) in [4.78, 5) is 14.0. The Hall–Kier alpha value is -2.85. The molecule has 0 aliphatic carbocycles. The number of nitriles is 1. The quantitative estimate of drug-likeness (QED) is 0.810. The number of sulfonamides is 1. The lowest BCUT2D eigenvalue weighted by atomic mass is 10.2. The van der Waals surface area contributed by atoms with Gasteiger partial charge in [0.25, 0.3) is 15.9 Å². The number of amides is 1. The van der Waals surface area contributed by atoms with Crippen LogP contribution in [0, 0.1) is 11.3 Å². The average molecular weight is 369 g/mol. The van der Waals surface area contributed by atoms with E-state index in [9.17, 15) is 13.2 Å². The molecule has 0 unspecified atom stereocenters. The minimum Gasteiger partial charge on any atom is -0.341 e. The van der Waals surface area contributed by atoms with Gasteiger partial charge in [0.1, 0.15) is 0 Å². The predicted octanol–water partition coefficient (Wildman–Crippen LogP) is 2.42. The van der Waals surface area contributed by atoms with Crippen LogP contribution in [0.5, 0.6) is 0 Å². The second-order valence-corrected chi connectivity index (χ2v) is 7.98. The maximum Gasteiger partial charge on any atom is 0.264 e. The number of rotatable bonds is 5. The summed E-state index contributed by atoms with van der Waals surface area (Å²) >= 11 is 0. The van der Waals surface area contributed by atoms with Crippen molar-refractivity contribution in [3.05, 3.63) is 59.7 Å². The van der Waals surface area contributed by atoms with Gasteiger partial charge < -0.3 is 4.90 Å². The number of nitrogens with zero attached hydrogens (tertiary/aromatic N) is 3. The van der Waals surface area contributed by atoms with Crippen LogP contribution in [0.2, 0.25) is 0 Å². The zero-order valence-corrected chi connectivity index (χ0v) is 15.2. The number of para-hydroxylation sites is 1. The van der Waals surface area contributed by atoms with Crippen molar-refractivity contribution in [1.29, 1.82) is 5.26 Å². The van der Waals surface area contributed by atoms with Crippen molar-refractivity contribution in [2.75, 3.05) is 24.4 Å². The molecule has 0 atom stereocenters. The van der Waals surface area contributed by atoms with Gasteiger partial charge >= 0.3 is 0 Å². The monoisotopic (exact) mass is 369 g/mol. The summed E-state index contributed by atoms with van der Waals surface area (Å²) in [5, 5.41) is 8.65. The van der Waals surface area contributed by atoms with Gasteiger partial charge in [-0.25, -0.2) is 8.42 Å². The normalized spacial score (nSPS) is 13.2. The Balaban J connectivity index is 1.91. The largest absolute Gasteiger partial charge is 0.341 e. The minimum absolute atomic E-state index is 0.0914. The Labute approximate surface area is 153 Å². The molecule has 0 bridgehead atoms. The molecule has 6 nitrogen and oxygen atoms in total. The van der Waals surface area contributed by atoms with Crippen molar-refractivity contribution in [2.24, 2.45) is 0 Å². The number of fused-ring (bicyclic) bond motifs is 1. The third-order valence-electron chi connectivity index (χ3n) is 4.42. The van der Waals surface area contributed by atoms with Crippen molar-refractivity contribution in [1.82, 2.24) is 4.90 Å². The zero-order chi connectivity index (χ0) is 18.7. The second-order valence-electron chi connectivity index (χ2n) is 6.12. The Morgan fingerprint density at radius 2 is 2.00 bits per heavy atom. The molecule has 0 spiro atoms. The molecular weight excluding hydrogens is 350 g/mol. The molecule has 2 aromatic carbocycles. The molecule has 1 aliphatic rings. The molecule has 1 amide bonds. The van der Waals surface area contributed by atoms with Crippen LogP contribution in [0.3, 0.4) is 0 Å². The van der Waals surface area contributed by atoms with Crippen LogP contribution in [0.25, 0.3) is 0 Å². The summed E-state index contributed by atoms with van der Waals surface area (Å²) in [6.45, 7) is 0.688. The highest BCUT2D eigenvalue weighted by Crippen LogP contribution is 2.32. The van der Waals surface area contributed by atoms with E-state index >= 15 is 0 Å². The van der Waals surface area contributed by atoms with E-state index in [0.29, 0.717) is 30.8 Å². The number of benzene rings is 2. The lowest BCUT2D eigenvalue weighted by Gasteiger charge is -2.20. The first-order valence-electron chi connectivity index (χ1n) is 8.28. The van der Waals surface area contributed by atoms with E-state index in [0.717, 1.165) is 5.56 Å². The SMILES string of the molecule is CN(CCC#N)C(=O)c1cccc(S(=O)(=O)N2CCc3ccccc32)c1. The van der Waals surface area contributed by atoms with E-state index in [2.05, 4.69) is 0 Å². The van der Waals surface area contributed by atoms with Crippen molar-refractivity contribution in [3.63, 3.8) is 0 Å². The molecule has 0 fully saturated rings. The van der Waals surface area contributed by atoms with Crippen LogP contribution in [0.1, 0.15) is 22.3 Å². The van der Waals surface area contributed by atoms with Gasteiger partial charge in [0.2, 0.25) is 0 Å². The topological polar surface area (TPSA) is 81.5 Å². The molecule has 7 heteroatoms. The lowest BCUT2D eigenvalue weighted by Crippen LogP contribution is -2.30. The fraction of sp³-hybridized carbons (Fsp3) is 0.263. The van der Waals surface area contributed by atoms with Crippen LogP contribution >= 0.6 is 0 Å². The standard InChI is InChI=1S/C19H19N3O3S/c1-21(12-5-11-20)19(23)16-7-4-8-17(14-16)26(24,25)22-13-10-15-6-2-3-9-18(15)22/h2-4,6-9,14H,5,10,12-13H2,1H3. The molecule has 26 heavy (non-hydrogen) atoms. The second kappa shape index (κ2) is 7.18. The molecular formula is C19H19N3O3S. The van der Waals surface area contributed by atoms with Gasteiger partial charge in [-0.3, -0.25) is 9.10 Å². The van der Waals surface area contributed by atoms with E-state index in [1.807, 2.05) is 24.3 Å². The Morgan fingerprint density at radius 3 is 2.77 bits per heavy atom. The Morgan fingerprint density at radius 1 is 1.23 bits per heavy atom. The molecule has 134 valence electrons. The van der Waals surface area contributed by atoms with E-state index < -0.39 is 10.0 Å². The molecule has 1 heterocycles. The summed E-state index contributed by atoms with van der Waals surface area (Å²) < 4.78 is 27.5. The third-order valence-corrected chi connectivity index (χ3v) is 6.23. The van der Waals surface area contributed by atoms with Crippen molar-refractivity contribution >= 4 is 21.6 Å². The van der Waals surface area contributed by atoms with E-state index in [-0.39, 0.29) is 17.2 Å². The molecule has 2 aromatic rings. The van der Waals surface area contributed by atoms with Crippen LogP contribution in [0.4, 0.5) is 5.69 Å². The van der Waals surface area contributed by atoms with Crippen LogP contribution in [0.15, 0.2) is 53.4 Å². The van der Waals surface area contributed by atoms with Gasteiger partial charge in [0.15, 0.2) is 0 Å². The zero-order valence-electron chi connectivity index (χ0n) is 14.4. The fourth-order valence-electron chi connectivity index (χ4n) is 3.01. The van der Waals surface area contributed by atoms with Crippen LogP contribution in [-0.2, 0) is 16.4 Å². The van der Waals surface area contributed by atoms with E-state index in [4.69, 9.17) is 5.26 Å². The molecule has 0 saturated heterocycles. The number of anilines is 1. The molecule has 0 radical (unpaired) electrons. The van der Waals surface area contributed by atoms with Gasteiger partial charge in [-0.05, 0) is 36.2 Å². The van der Waals surface area contributed by atoms with Crippen molar-refractivity contribution in [2.45, 2.75) is 17.7 Å². The number of carbonyl (C=O) groups is 1. The molecule has 0 saturated carbocycles. The summed E-state index contributed by atoms with van der Waals surface area (Å²) in [5.74, 6) is -0.306. The molecule has 0 aromatic heterocycles. The molecule has 3 rings (SSSR count). The Bertz CT molecular complexity index is 980. The first-order valence-corrected chi connectivity index (χ1v) is 9.72. The van der Waals surface area contributed by atoms with Gasteiger partial charge in [0, 0.05) is 25.7 Å². The summed E-state index contributed by atoms with van der Waals surface area (Å²) in [5.41, 5.74) is 1.98. The van der Waals surface area contributed by atoms with Gasteiger partial charge in [-0.1, -0.05) is 24.3 Å². The summed E-state index contributed by atoms with van der Waals surface area (Å²) in [7, 11) is -2.15. The van der Waals surface area contributed by atoms with Crippen molar-refractivity contribution in [3.8, 4) is 6.07 Å². The fourth-order valence-corrected chi connectivity index (χ4v) is 4.56. The summed E-state index contributed by atoms with van der Waals surface area (Å²) in [6, 6.07) is 15.5. The highest BCUT2D eigenvalue weighted by molar-refractivity contribution is 7.92. The highest BCUT2D eigenvalue weighted by Gasteiger charge is 2.31. The number of hydrogen-bond acceptors (Lipinski definition) is 4. The number of hydrogen-bond donors (Lipinski definition) is 0. The predicted molar refractivity (Wildman–Crippen MR) is 98.3 cm³/mol. The minimum atomic E-state index is -3.74. The smallest absolute Gasteiger partial charge is 0.264 e. The van der Waals surface area contributed by atoms with Gasteiger partial charge in [-0.2, -0.15) is 5.26 Å². The average Bonchev–Trinajstić information content (AvgIpc) is 3.10. The van der Waals surface area contributed by atoms with Crippen LogP contribution < -0.4 is 4.31 Å². The van der Waals surface area contributed by atoms with Crippen molar-refractivity contribution < 1.29 is 13.2 Å². The third kappa shape index (κ3) is 3.28. The van der Waals surface area contributed by atoms with Crippen LogP contribution in [-0.4, -0.2) is 39.4 Å². The number of carbonyl (C=O) groups excluding carboxylic acids is 1. The maximum absolute atomic E-state index is 13.1. The van der Waals surface area contributed by atoms with Gasteiger partial charge in [0.05, 0.1) is 23.1 Å². The van der Waals surface area contributed by atoms with Gasteiger partial charge in [-0.15, -0.1) is 0 Å². The maximum atomic E-state index is 13.1. The first-order chi connectivity index (χ1) is 12.4. The summed E-state index contributed by atoms with van der Waals surface area (Å²) in [6.07, 6.45) is 0.899. The highest BCUT2D eigenvalue weighted by atomic mass is 32.2. The lowest BCUT2D eigenvalue weighted by molar-refractivity contribution is 0.0798. The Kier molecular flexibility index (Phi) is 4.96.